The average Bonchev–Trinajstić information content (AvgIpc) is 2.93. The van der Waals surface area contributed by atoms with Crippen LogP contribution in [0.4, 0.5) is 0 Å². The molecule has 0 aromatic heterocycles. The maximum atomic E-state index is 11.8. The second kappa shape index (κ2) is 7.46. The van der Waals surface area contributed by atoms with Crippen molar-refractivity contribution in [3.63, 3.8) is 0 Å². The number of amides is 1. The van der Waals surface area contributed by atoms with Gasteiger partial charge in [0.25, 0.3) is 5.91 Å². The van der Waals surface area contributed by atoms with Crippen LogP contribution in [0, 0.1) is 12.8 Å². The number of nitrogens with one attached hydrogen (secondary N) is 1. The maximum Gasteiger partial charge on any atom is 0.257 e. The number of hydrogen-bond acceptors (Lipinski definition) is 3. The SMILES string of the molecule is Cc1ccc(OCC(=O)NC[C@@H]2CCN(C(C)C)C2)cc1. The first-order valence-electron chi connectivity index (χ1n) is 7.75. The van der Waals surface area contributed by atoms with Gasteiger partial charge in [0.1, 0.15) is 5.75 Å². The molecule has 1 heterocycles. The highest BCUT2D eigenvalue weighted by Crippen LogP contribution is 2.17. The average molecular weight is 290 g/mol. The lowest BCUT2D eigenvalue weighted by atomic mass is 10.1. The first-order chi connectivity index (χ1) is 10.0. The molecule has 1 aliphatic rings. The standard InChI is InChI=1S/C17H26N2O2/c1-13(2)19-9-8-15(11-19)10-18-17(20)12-21-16-6-4-14(3)5-7-16/h4-7,13,15H,8-12H2,1-3H3,(H,18,20)/t15-/m0/s1. The van der Waals surface area contributed by atoms with E-state index in [9.17, 15) is 4.79 Å². The second-order valence-electron chi connectivity index (χ2n) is 6.15. The zero-order valence-electron chi connectivity index (χ0n) is 13.3. The van der Waals surface area contributed by atoms with E-state index in [-0.39, 0.29) is 12.5 Å². The van der Waals surface area contributed by atoms with Crippen LogP contribution >= 0.6 is 0 Å². The van der Waals surface area contributed by atoms with Crippen molar-refractivity contribution in [1.29, 1.82) is 0 Å². The Labute approximate surface area is 127 Å². The summed E-state index contributed by atoms with van der Waals surface area (Å²) in [5.41, 5.74) is 1.18. The van der Waals surface area contributed by atoms with Gasteiger partial charge in [-0.1, -0.05) is 17.7 Å². The quantitative estimate of drug-likeness (QED) is 0.873. The molecule has 0 unspecified atom stereocenters. The summed E-state index contributed by atoms with van der Waals surface area (Å²) in [7, 11) is 0. The lowest BCUT2D eigenvalue weighted by molar-refractivity contribution is -0.123. The molecular formula is C17H26N2O2. The number of likely N-dealkylation sites (tertiary alicyclic amines) is 1. The minimum Gasteiger partial charge on any atom is -0.484 e. The molecule has 0 saturated carbocycles. The molecule has 0 bridgehead atoms. The Morgan fingerprint density at radius 2 is 2.10 bits per heavy atom. The van der Waals surface area contributed by atoms with E-state index >= 15 is 0 Å². The zero-order chi connectivity index (χ0) is 15.2. The largest absolute Gasteiger partial charge is 0.484 e. The van der Waals surface area contributed by atoms with Gasteiger partial charge < -0.3 is 15.0 Å². The highest BCUT2D eigenvalue weighted by Gasteiger charge is 2.24. The van der Waals surface area contributed by atoms with E-state index in [1.54, 1.807) is 0 Å². The summed E-state index contributed by atoms with van der Waals surface area (Å²) in [5, 5.41) is 2.98. The third-order valence-corrected chi connectivity index (χ3v) is 4.03. The Morgan fingerprint density at radius 3 is 2.71 bits per heavy atom. The van der Waals surface area contributed by atoms with Crippen LogP contribution < -0.4 is 10.1 Å². The minimum atomic E-state index is -0.0430. The van der Waals surface area contributed by atoms with Crippen molar-refractivity contribution < 1.29 is 9.53 Å². The minimum absolute atomic E-state index is 0.0430. The van der Waals surface area contributed by atoms with Crippen LogP contribution in [-0.2, 0) is 4.79 Å². The number of carbonyl (C=O) groups is 1. The Hall–Kier alpha value is -1.55. The van der Waals surface area contributed by atoms with E-state index in [2.05, 4.69) is 24.1 Å². The number of carbonyl (C=O) groups excluding carboxylic acids is 1. The van der Waals surface area contributed by atoms with Crippen LogP contribution in [0.1, 0.15) is 25.8 Å². The molecule has 1 aromatic rings. The van der Waals surface area contributed by atoms with Crippen molar-refractivity contribution in [2.75, 3.05) is 26.2 Å². The predicted molar refractivity (Wildman–Crippen MR) is 84.5 cm³/mol. The fourth-order valence-electron chi connectivity index (χ4n) is 2.59. The third kappa shape index (κ3) is 5.05. The lowest BCUT2D eigenvalue weighted by Crippen LogP contribution is -2.35. The summed E-state index contributed by atoms with van der Waals surface area (Å²) < 4.78 is 5.47. The molecule has 0 radical (unpaired) electrons. The molecule has 1 amide bonds. The summed E-state index contributed by atoms with van der Waals surface area (Å²) in [6.07, 6.45) is 1.16. The number of nitrogens with zero attached hydrogens (tertiary/aromatic N) is 1. The maximum absolute atomic E-state index is 11.8. The fourth-order valence-corrected chi connectivity index (χ4v) is 2.59. The Bertz CT molecular complexity index is 456. The number of aryl methyl sites for hydroxylation is 1. The van der Waals surface area contributed by atoms with Crippen molar-refractivity contribution >= 4 is 5.91 Å². The molecule has 1 atom stereocenters. The van der Waals surface area contributed by atoms with Crippen LogP contribution in [0.5, 0.6) is 5.75 Å². The van der Waals surface area contributed by atoms with Gasteiger partial charge in [-0.25, -0.2) is 0 Å². The highest BCUT2D eigenvalue weighted by atomic mass is 16.5. The molecule has 1 fully saturated rings. The highest BCUT2D eigenvalue weighted by molar-refractivity contribution is 5.77. The molecule has 1 saturated heterocycles. The van der Waals surface area contributed by atoms with Crippen LogP contribution in [0.15, 0.2) is 24.3 Å². The molecule has 2 rings (SSSR count). The van der Waals surface area contributed by atoms with E-state index in [1.165, 1.54) is 5.56 Å². The molecule has 0 spiro atoms. The summed E-state index contributed by atoms with van der Waals surface area (Å²) in [5.74, 6) is 1.26. The Morgan fingerprint density at radius 1 is 1.38 bits per heavy atom. The first-order valence-corrected chi connectivity index (χ1v) is 7.75. The van der Waals surface area contributed by atoms with Gasteiger partial charge in [0, 0.05) is 19.1 Å². The van der Waals surface area contributed by atoms with E-state index in [1.807, 2.05) is 31.2 Å². The smallest absolute Gasteiger partial charge is 0.257 e. The first kappa shape index (κ1) is 15.8. The normalized spacial score (nSPS) is 19.0. The molecule has 21 heavy (non-hydrogen) atoms. The summed E-state index contributed by atoms with van der Waals surface area (Å²) in [4.78, 5) is 14.3. The molecule has 0 aliphatic carbocycles. The molecule has 1 N–H and O–H groups in total. The van der Waals surface area contributed by atoms with Crippen LogP contribution in [0.25, 0.3) is 0 Å². The van der Waals surface area contributed by atoms with E-state index < -0.39 is 0 Å². The van der Waals surface area contributed by atoms with Gasteiger partial charge in [-0.2, -0.15) is 0 Å². The fraction of sp³-hybridized carbons (Fsp3) is 0.588. The monoisotopic (exact) mass is 290 g/mol. The van der Waals surface area contributed by atoms with Gasteiger partial charge in [0.15, 0.2) is 6.61 Å². The molecular weight excluding hydrogens is 264 g/mol. The molecule has 4 heteroatoms. The van der Waals surface area contributed by atoms with Gasteiger partial charge in [-0.3, -0.25) is 4.79 Å². The molecule has 4 nitrogen and oxygen atoms in total. The topological polar surface area (TPSA) is 41.6 Å². The number of benzene rings is 1. The van der Waals surface area contributed by atoms with Gasteiger partial charge >= 0.3 is 0 Å². The van der Waals surface area contributed by atoms with Crippen molar-refractivity contribution in [2.24, 2.45) is 5.92 Å². The number of ether oxygens (including phenoxy) is 1. The third-order valence-electron chi connectivity index (χ3n) is 4.03. The van der Waals surface area contributed by atoms with E-state index in [4.69, 9.17) is 4.74 Å². The van der Waals surface area contributed by atoms with Crippen molar-refractivity contribution in [2.45, 2.75) is 33.2 Å². The summed E-state index contributed by atoms with van der Waals surface area (Å²) >= 11 is 0. The molecule has 1 aliphatic heterocycles. The summed E-state index contributed by atoms with van der Waals surface area (Å²) in [6, 6.07) is 8.33. The van der Waals surface area contributed by atoms with Gasteiger partial charge in [-0.05, 0) is 51.8 Å². The van der Waals surface area contributed by atoms with Gasteiger partial charge in [0.05, 0.1) is 0 Å². The number of rotatable bonds is 6. The van der Waals surface area contributed by atoms with E-state index in [0.29, 0.717) is 12.0 Å². The van der Waals surface area contributed by atoms with E-state index in [0.717, 1.165) is 31.8 Å². The second-order valence-corrected chi connectivity index (χ2v) is 6.15. The van der Waals surface area contributed by atoms with Crippen molar-refractivity contribution in [3.05, 3.63) is 29.8 Å². The van der Waals surface area contributed by atoms with Crippen molar-refractivity contribution in [1.82, 2.24) is 10.2 Å². The molecule has 116 valence electrons. The predicted octanol–water partition coefficient (Wildman–Crippen LogP) is 2.22. The zero-order valence-corrected chi connectivity index (χ0v) is 13.3. The van der Waals surface area contributed by atoms with Crippen LogP contribution in [-0.4, -0.2) is 43.1 Å². The Kier molecular flexibility index (Phi) is 5.62. The number of hydrogen-bond donors (Lipinski definition) is 1. The van der Waals surface area contributed by atoms with Crippen LogP contribution in [0.3, 0.4) is 0 Å². The van der Waals surface area contributed by atoms with Gasteiger partial charge in [-0.15, -0.1) is 0 Å². The lowest BCUT2D eigenvalue weighted by Gasteiger charge is -2.20. The van der Waals surface area contributed by atoms with Gasteiger partial charge in [0.2, 0.25) is 0 Å². The van der Waals surface area contributed by atoms with Crippen molar-refractivity contribution in [3.8, 4) is 5.75 Å². The van der Waals surface area contributed by atoms with Crippen LogP contribution in [0.2, 0.25) is 0 Å². The Balaban J connectivity index is 1.65. The molecule has 1 aromatic carbocycles. The summed E-state index contributed by atoms with van der Waals surface area (Å²) in [6.45, 7) is 9.52.